The zero-order chi connectivity index (χ0) is 20.6. The van der Waals surface area contributed by atoms with E-state index < -0.39 is 11.7 Å². The van der Waals surface area contributed by atoms with E-state index in [1.807, 2.05) is 20.8 Å². The molecule has 0 saturated carbocycles. The molecular weight excluding hydrogens is 382 g/mol. The quantitative estimate of drug-likeness (QED) is 0.612. The van der Waals surface area contributed by atoms with E-state index in [1.165, 1.54) is 6.07 Å². The SMILES string of the molecule is CC(C)(C)OC(=O)N1CCc2c(cc(O)c(O)c2Cl)[C@@H](c2ccc(O)cc2)C1. The first-order valence-electron chi connectivity index (χ1n) is 9.07. The summed E-state index contributed by atoms with van der Waals surface area (Å²) in [5.41, 5.74) is 1.63. The number of nitrogens with zero attached hydrogens (tertiary/aromatic N) is 1. The molecule has 1 atom stereocenters. The largest absolute Gasteiger partial charge is 0.508 e. The van der Waals surface area contributed by atoms with E-state index >= 15 is 0 Å². The minimum Gasteiger partial charge on any atom is -0.508 e. The molecule has 1 aliphatic rings. The van der Waals surface area contributed by atoms with E-state index in [4.69, 9.17) is 16.3 Å². The van der Waals surface area contributed by atoms with Crippen LogP contribution in [0.15, 0.2) is 30.3 Å². The lowest BCUT2D eigenvalue weighted by Gasteiger charge is -2.29. The Hall–Kier alpha value is -2.60. The average Bonchev–Trinajstić information content (AvgIpc) is 2.79. The summed E-state index contributed by atoms with van der Waals surface area (Å²) in [6.07, 6.45) is -0.0239. The molecule has 1 aliphatic heterocycles. The zero-order valence-electron chi connectivity index (χ0n) is 16.1. The molecule has 3 rings (SSSR count). The summed E-state index contributed by atoms with van der Waals surface area (Å²) in [5.74, 6) is -0.850. The highest BCUT2D eigenvalue weighted by Crippen LogP contribution is 2.43. The minimum atomic E-state index is -0.627. The van der Waals surface area contributed by atoms with Crippen LogP contribution in [0.2, 0.25) is 5.02 Å². The van der Waals surface area contributed by atoms with E-state index in [0.29, 0.717) is 25.1 Å². The van der Waals surface area contributed by atoms with Crippen molar-refractivity contribution in [2.75, 3.05) is 13.1 Å². The normalized spacial score (nSPS) is 17.0. The number of rotatable bonds is 1. The van der Waals surface area contributed by atoms with Gasteiger partial charge in [-0.2, -0.15) is 0 Å². The second kappa shape index (κ2) is 7.43. The highest BCUT2D eigenvalue weighted by atomic mass is 35.5. The Bertz CT molecular complexity index is 889. The first-order valence-corrected chi connectivity index (χ1v) is 9.44. The van der Waals surface area contributed by atoms with Crippen LogP contribution in [0, 0.1) is 0 Å². The molecule has 1 heterocycles. The highest BCUT2D eigenvalue weighted by Gasteiger charge is 2.32. The summed E-state index contributed by atoms with van der Waals surface area (Å²) in [6.45, 7) is 6.10. The number of aromatic hydroxyl groups is 3. The number of phenols is 3. The highest BCUT2D eigenvalue weighted by molar-refractivity contribution is 6.33. The fourth-order valence-corrected chi connectivity index (χ4v) is 3.69. The van der Waals surface area contributed by atoms with Crippen LogP contribution in [-0.2, 0) is 11.2 Å². The molecule has 28 heavy (non-hydrogen) atoms. The van der Waals surface area contributed by atoms with Crippen molar-refractivity contribution in [3.63, 3.8) is 0 Å². The molecule has 2 aromatic rings. The van der Waals surface area contributed by atoms with Crippen LogP contribution in [0.3, 0.4) is 0 Å². The van der Waals surface area contributed by atoms with Crippen molar-refractivity contribution in [2.24, 2.45) is 0 Å². The van der Waals surface area contributed by atoms with E-state index in [9.17, 15) is 20.1 Å². The van der Waals surface area contributed by atoms with Gasteiger partial charge in [-0.25, -0.2) is 4.79 Å². The molecule has 2 aromatic carbocycles. The standard InChI is InChI=1S/C21H24ClNO5/c1-21(2,3)28-20(27)23-9-8-14-15(10-17(25)19(26)18(14)22)16(11-23)12-4-6-13(24)7-5-12/h4-7,10,16,24-26H,8-9,11H2,1-3H3/t16-/m1/s1. The summed E-state index contributed by atoms with van der Waals surface area (Å²) in [4.78, 5) is 14.3. The number of carbonyl (C=O) groups is 1. The van der Waals surface area contributed by atoms with Gasteiger partial charge in [0, 0.05) is 19.0 Å². The number of amides is 1. The van der Waals surface area contributed by atoms with Crippen molar-refractivity contribution in [1.82, 2.24) is 4.90 Å². The third-order valence-corrected chi connectivity index (χ3v) is 5.12. The van der Waals surface area contributed by atoms with E-state index in [1.54, 1.807) is 29.2 Å². The van der Waals surface area contributed by atoms with Crippen LogP contribution >= 0.6 is 11.6 Å². The predicted octanol–water partition coefficient (Wildman–Crippen LogP) is 4.38. The summed E-state index contributed by atoms with van der Waals surface area (Å²) >= 11 is 6.32. The first-order chi connectivity index (χ1) is 13.1. The van der Waals surface area contributed by atoms with Crippen molar-refractivity contribution < 1.29 is 24.9 Å². The van der Waals surface area contributed by atoms with Gasteiger partial charge in [-0.15, -0.1) is 0 Å². The lowest BCUT2D eigenvalue weighted by Crippen LogP contribution is -2.39. The molecule has 0 spiro atoms. The summed E-state index contributed by atoms with van der Waals surface area (Å²) in [6, 6.07) is 8.16. The van der Waals surface area contributed by atoms with Crippen molar-refractivity contribution in [3.05, 3.63) is 52.0 Å². The Balaban J connectivity index is 2.07. The Labute approximate surface area is 168 Å². The number of benzene rings is 2. The molecule has 3 N–H and O–H groups in total. The van der Waals surface area contributed by atoms with Gasteiger partial charge < -0.3 is 25.0 Å². The molecular formula is C21H24ClNO5. The number of halogens is 1. The van der Waals surface area contributed by atoms with Crippen LogP contribution in [-0.4, -0.2) is 45.0 Å². The van der Waals surface area contributed by atoms with Crippen LogP contribution in [0.4, 0.5) is 4.79 Å². The monoisotopic (exact) mass is 405 g/mol. The number of fused-ring (bicyclic) bond motifs is 1. The second-order valence-electron chi connectivity index (χ2n) is 7.95. The Morgan fingerprint density at radius 1 is 1.18 bits per heavy atom. The first kappa shape index (κ1) is 20.1. The summed E-state index contributed by atoms with van der Waals surface area (Å²) in [7, 11) is 0. The smallest absolute Gasteiger partial charge is 0.410 e. The fraction of sp³-hybridized carbons (Fsp3) is 0.381. The Morgan fingerprint density at radius 3 is 2.43 bits per heavy atom. The maximum Gasteiger partial charge on any atom is 0.410 e. The third kappa shape index (κ3) is 4.12. The molecule has 0 saturated heterocycles. The van der Waals surface area contributed by atoms with Gasteiger partial charge in [0.25, 0.3) is 0 Å². The number of phenolic OH excluding ortho intramolecular Hbond substituents is 3. The molecule has 0 aromatic heterocycles. The maximum absolute atomic E-state index is 12.7. The van der Waals surface area contributed by atoms with Gasteiger partial charge in [-0.3, -0.25) is 0 Å². The van der Waals surface area contributed by atoms with Crippen molar-refractivity contribution >= 4 is 17.7 Å². The Kier molecular flexibility index (Phi) is 5.35. The number of ether oxygens (including phenoxy) is 1. The molecule has 1 amide bonds. The molecule has 0 aliphatic carbocycles. The zero-order valence-corrected chi connectivity index (χ0v) is 16.8. The fourth-order valence-electron chi connectivity index (χ4n) is 3.39. The van der Waals surface area contributed by atoms with Gasteiger partial charge in [0.05, 0.1) is 5.02 Å². The number of carbonyl (C=O) groups excluding carboxylic acids is 1. The van der Waals surface area contributed by atoms with Gasteiger partial charge in [-0.05, 0) is 62.1 Å². The predicted molar refractivity (Wildman–Crippen MR) is 106 cm³/mol. The molecule has 0 unspecified atom stereocenters. The number of hydrogen-bond donors (Lipinski definition) is 3. The van der Waals surface area contributed by atoms with E-state index in [2.05, 4.69) is 0 Å². The van der Waals surface area contributed by atoms with Crippen LogP contribution < -0.4 is 0 Å². The lowest BCUT2D eigenvalue weighted by atomic mass is 9.87. The topological polar surface area (TPSA) is 90.2 Å². The maximum atomic E-state index is 12.7. The van der Waals surface area contributed by atoms with Gasteiger partial charge in [-0.1, -0.05) is 23.7 Å². The van der Waals surface area contributed by atoms with Crippen LogP contribution in [0.1, 0.15) is 43.4 Å². The van der Waals surface area contributed by atoms with Gasteiger partial charge in [0.2, 0.25) is 0 Å². The average molecular weight is 406 g/mol. The second-order valence-corrected chi connectivity index (χ2v) is 8.32. The lowest BCUT2D eigenvalue weighted by molar-refractivity contribution is 0.0251. The Morgan fingerprint density at radius 2 is 1.82 bits per heavy atom. The molecule has 0 radical (unpaired) electrons. The van der Waals surface area contributed by atoms with Gasteiger partial charge in [0.15, 0.2) is 11.5 Å². The van der Waals surface area contributed by atoms with E-state index in [-0.39, 0.29) is 28.2 Å². The summed E-state index contributed by atoms with van der Waals surface area (Å²) < 4.78 is 5.53. The molecule has 0 fully saturated rings. The van der Waals surface area contributed by atoms with Crippen molar-refractivity contribution in [1.29, 1.82) is 0 Å². The molecule has 6 nitrogen and oxygen atoms in total. The number of hydrogen-bond acceptors (Lipinski definition) is 5. The van der Waals surface area contributed by atoms with Gasteiger partial charge >= 0.3 is 6.09 Å². The molecule has 0 bridgehead atoms. The van der Waals surface area contributed by atoms with Crippen molar-refractivity contribution in [3.8, 4) is 17.2 Å². The summed E-state index contributed by atoms with van der Waals surface area (Å²) in [5, 5.41) is 29.9. The minimum absolute atomic E-state index is 0.0878. The third-order valence-electron chi connectivity index (χ3n) is 4.71. The van der Waals surface area contributed by atoms with Crippen LogP contribution in [0.5, 0.6) is 17.2 Å². The molecule has 150 valence electrons. The van der Waals surface area contributed by atoms with Crippen LogP contribution in [0.25, 0.3) is 0 Å². The van der Waals surface area contributed by atoms with Crippen molar-refractivity contribution in [2.45, 2.75) is 38.7 Å². The van der Waals surface area contributed by atoms with Gasteiger partial charge in [0.1, 0.15) is 11.4 Å². The van der Waals surface area contributed by atoms with E-state index in [0.717, 1.165) is 11.1 Å². The molecule has 7 heteroatoms.